The number of hydrogen-bond acceptors (Lipinski definition) is 6. The van der Waals surface area contributed by atoms with Gasteiger partial charge in [0.15, 0.2) is 11.5 Å². The number of amides is 1. The van der Waals surface area contributed by atoms with Gasteiger partial charge in [0.25, 0.3) is 5.56 Å². The van der Waals surface area contributed by atoms with Gasteiger partial charge in [-0.2, -0.15) is 0 Å². The van der Waals surface area contributed by atoms with Crippen molar-refractivity contribution in [3.8, 4) is 11.5 Å². The van der Waals surface area contributed by atoms with Crippen LogP contribution in [-0.4, -0.2) is 39.6 Å². The van der Waals surface area contributed by atoms with E-state index in [-0.39, 0.29) is 24.2 Å². The number of benzene rings is 2. The van der Waals surface area contributed by atoms with Gasteiger partial charge >= 0.3 is 0 Å². The number of nitrogens with zero attached hydrogens (tertiary/aromatic N) is 2. The first-order valence-electron chi connectivity index (χ1n) is 12.0. The average Bonchev–Trinajstić information content (AvgIpc) is 3.36. The summed E-state index contributed by atoms with van der Waals surface area (Å²) in [6.07, 6.45) is 1.06. The number of likely N-dealkylation sites (tertiary alicyclic amines) is 1. The molecule has 0 saturated carbocycles. The fourth-order valence-corrected chi connectivity index (χ4v) is 6.70. The van der Waals surface area contributed by atoms with Gasteiger partial charge < -0.3 is 24.3 Å². The van der Waals surface area contributed by atoms with Gasteiger partial charge in [0, 0.05) is 49.1 Å². The summed E-state index contributed by atoms with van der Waals surface area (Å²) in [6.45, 7) is 2.42. The Hall–Kier alpha value is -3.30. The van der Waals surface area contributed by atoms with Crippen LogP contribution in [0, 0.1) is 5.92 Å². The van der Waals surface area contributed by atoms with E-state index in [0.29, 0.717) is 34.0 Å². The summed E-state index contributed by atoms with van der Waals surface area (Å²) in [5.41, 5.74) is 2.68. The van der Waals surface area contributed by atoms with Gasteiger partial charge in [-0.1, -0.05) is 60.4 Å². The molecule has 3 atom stereocenters. The summed E-state index contributed by atoms with van der Waals surface area (Å²) in [5, 5.41) is 2.51. The summed E-state index contributed by atoms with van der Waals surface area (Å²) in [6, 6.07) is 20.6. The van der Waals surface area contributed by atoms with E-state index in [0.717, 1.165) is 30.8 Å². The van der Waals surface area contributed by atoms with Gasteiger partial charge in [-0.25, -0.2) is 0 Å². The number of aromatic nitrogens is 1. The molecule has 0 spiro atoms. The lowest BCUT2D eigenvalue weighted by molar-refractivity contribution is -0.115. The number of carbonyl (C=O) groups is 1. The topological polar surface area (TPSA) is 72.8 Å². The minimum Gasteiger partial charge on any atom is -0.454 e. The van der Waals surface area contributed by atoms with Crippen LogP contribution in [0.15, 0.2) is 71.5 Å². The van der Waals surface area contributed by atoms with Crippen LogP contribution >= 0.6 is 24.0 Å². The zero-order chi connectivity index (χ0) is 24.6. The first-order chi connectivity index (χ1) is 17.5. The second-order valence-electron chi connectivity index (χ2n) is 9.33. The first kappa shape index (κ1) is 23.1. The first-order valence-corrected chi connectivity index (χ1v) is 13.2. The number of thiocarbonyl (C=S) groups is 1. The van der Waals surface area contributed by atoms with E-state index in [2.05, 4.69) is 10.2 Å². The van der Waals surface area contributed by atoms with E-state index < -0.39 is 5.25 Å². The molecule has 4 heterocycles. The lowest BCUT2D eigenvalue weighted by Gasteiger charge is -2.43. The summed E-state index contributed by atoms with van der Waals surface area (Å²) in [7, 11) is 0. The Kier molecular flexibility index (Phi) is 6.18. The summed E-state index contributed by atoms with van der Waals surface area (Å²) < 4.78 is 13.4. The predicted octanol–water partition coefficient (Wildman–Crippen LogP) is 4.39. The molecular formula is C27H25N3O4S2. The van der Waals surface area contributed by atoms with Crippen LogP contribution in [0.2, 0.25) is 0 Å². The number of thioether (sulfide) groups is 1. The largest absolute Gasteiger partial charge is 0.454 e. The van der Waals surface area contributed by atoms with Crippen molar-refractivity contribution >= 4 is 39.9 Å². The zero-order valence-electron chi connectivity index (χ0n) is 19.5. The van der Waals surface area contributed by atoms with Crippen LogP contribution in [0.4, 0.5) is 5.69 Å². The highest BCUT2D eigenvalue weighted by Gasteiger charge is 2.36. The number of rotatable bonds is 4. The monoisotopic (exact) mass is 519 g/mol. The van der Waals surface area contributed by atoms with Crippen LogP contribution in [0.25, 0.3) is 0 Å². The molecule has 2 bridgehead atoms. The normalized spacial score (nSPS) is 20.4. The van der Waals surface area contributed by atoms with Crippen molar-refractivity contribution in [2.45, 2.75) is 24.1 Å². The minimum atomic E-state index is -0.513. The van der Waals surface area contributed by atoms with Crippen LogP contribution < -0.4 is 20.3 Å². The third-order valence-electron chi connectivity index (χ3n) is 6.94. The molecule has 1 aromatic heterocycles. The predicted molar refractivity (Wildman–Crippen MR) is 144 cm³/mol. The number of pyridine rings is 1. The standard InChI is InChI=1S/C27H25N3O4S2/c31-24-8-4-7-21-19-11-17(14-30(21)24)13-29(15-19)27(35)36-25(18-5-2-1-3-6-18)26(32)28-20-9-10-22-23(12-20)34-16-33-22/h1-10,12,17,19,25H,11,13-16H2,(H,28,32). The molecule has 0 aliphatic carbocycles. The number of anilines is 1. The van der Waals surface area contributed by atoms with E-state index in [9.17, 15) is 9.59 Å². The van der Waals surface area contributed by atoms with E-state index >= 15 is 0 Å². The maximum Gasteiger partial charge on any atom is 0.250 e. The van der Waals surface area contributed by atoms with E-state index in [1.807, 2.05) is 53.1 Å². The van der Waals surface area contributed by atoms with Gasteiger partial charge in [0.2, 0.25) is 12.7 Å². The van der Waals surface area contributed by atoms with Crippen LogP contribution in [0.1, 0.15) is 28.8 Å². The Labute approximate surface area is 218 Å². The Morgan fingerprint density at radius 3 is 2.69 bits per heavy atom. The SMILES string of the molecule is O=C(Nc1ccc2c(c1)OCO2)C(SC(=S)N1CC2CC(C1)c1cccc(=O)n1C2)c1ccccc1. The number of hydrogen-bond donors (Lipinski definition) is 1. The molecule has 3 aliphatic rings. The van der Waals surface area contributed by atoms with Gasteiger partial charge in [-0.05, 0) is 36.1 Å². The van der Waals surface area contributed by atoms with Crippen molar-refractivity contribution in [3.63, 3.8) is 0 Å². The lowest BCUT2D eigenvalue weighted by Crippen LogP contribution is -2.48. The van der Waals surface area contributed by atoms with Crippen molar-refractivity contribution < 1.29 is 14.3 Å². The fourth-order valence-electron chi connectivity index (χ4n) is 5.30. The Bertz CT molecular complexity index is 1380. The smallest absolute Gasteiger partial charge is 0.250 e. The Morgan fingerprint density at radius 2 is 1.83 bits per heavy atom. The minimum absolute atomic E-state index is 0.0666. The molecule has 7 nitrogen and oxygen atoms in total. The highest BCUT2D eigenvalue weighted by molar-refractivity contribution is 8.23. The van der Waals surface area contributed by atoms with Crippen LogP contribution in [0.3, 0.4) is 0 Å². The quantitative estimate of drug-likeness (QED) is 0.513. The molecule has 1 saturated heterocycles. The van der Waals surface area contributed by atoms with E-state index in [4.69, 9.17) is 21.7 Å². The number of fused-ring (bicyclic) bond motifs is 5. The molecule has 1 amide bonds. The van der Waals surface area contributed by atoms with Gasteiger partial charge in [0.05, 0.1) is 0 Å². The second-order valence-corrected chi connectivity index (χ2v) is 11.1. The second kappa shape index (κ2) is 9.63. The van der Waals surface area contributed by atoms with Crippen molar-refractivity contribution in [1.82, 2.24) is 9.47 Å². The van der Waals surface area contributed by atoms with Crippen molar-refractivity contribution in [2.24, 2.45) is 5.92 Å². The summed E-state index contributed by atoms with van der Waals surface area (Å²) in [5.74, 6) is 1.74. The van der Waals surface area contributed by atoms with Crippen molar-refractivity contribution in [1.29, 1.82) is 0 Å². The number of carbonyl (C=O) groups excluding carboxylic acids is 1. The molecule has 6 rings (SSSR count). The van der Waals surface area contributed by atoms with Gasteiger partial charge in [0.1, 0.15) is 9.57 Å². The maximum absolute atomic E-state index is 13.5. The molecule has 3 unspecified atom stereocenters. The molecule has 2 aromatic carbocycles. The van der Waals surface area contributed by atoms with Crippen molar-refractivity contribution in [3.05, 3.63) is 88.3 Å². The molecule has 0 radical (unpaired) electrons. The maximum atomic E-state index is 13.5. The highest BCUT2D eigenvalue weighted by atomic mass is 32.2. The van der Waals surface area contributed by atoms with Gasteiger partial charge in [-0.3, -0.25) is 9.59 Å². The third kappa shape index (κ3) is 4.49. The van der Waals surface area contributed by atoms with E-state index in [1.165, 1.54) is 11.8 Å². The molecule has 1 N–H and O–H groups in total. The van der Waals surface area contributed by atoms with Crippen molar-refractivity contribution in [2.75, 3.05) is 25.2 Å². The van der Waals surface area contributed by atoms with Crippen LogP contribution in [0.5, 0.6) is 11.5 Å². The molecule has 3 aliphatic heterocycles. The number of nitrogens with one attached hydrogen (secondary N) is 1. The van der Waals surface area contributed by atoms with E-state index in [1.54, 1.807) is 18.2 Å². The summed E-state index contributed by atoms with van der Waals surface area (Å²) >= 11 is 7.31. The molecule has 36 heavy (non-hydrogen) atoms. The molecular weight excluding hydrogens is 494 g/mol. The fraction of sp³-hybridized carbons (Fsp3) is 0.296. The molecule has 3 aromatic rings. The Morgan fingerprint density at radius 1 is 1.00 bits per heavy atom. The molecule has 184 valence electrons. The third-order valence-corrected chi connectivity index (χ3v) is 8.67. The Balaban J connectivity index is 1.21. The summed E-state index contributed by atoms with van der Waals surface area (Å²) in [4.78, 5) is 28.1. The molecule has 9 heteroatoms. The zero-order valence-corrected chi connectivity index (χ0v) is 21.1. The average molecular weight is 520 g/mol. The molecule has 1 fully saturated rings. The van der Waals surface area contributed by atoms with Crippen LogP contribution in [-0.2, 0) is 11.3 Å². The number of piperidine rings is 1. The number of ether oxygens (including phenoxy) is 2. The van der Waals surface area contributed by atoms with Gasteiger partial charge in [-0.15, -0.1) is 0 Å². The lowest BCUT2D eigenvalue weighted by atomic mass is 9.83. The highest BCUT2D eigenvalue weighted by Crippen LogP contribution is 2.39.